The number of benzene rings is 2. The van der Waals surface area contributed by atoms with Crippen molar-refractivity contribution < 1.29 is 24.2 Å². The smallest absolute Gasteiger partial charge is 0.407 e. The number of fused-ring (bicyclic) bond motifs is 3. The minimum atomic E-state index is -1.01. The van der Waals surface area contributed by atoms with Crippen molar-refractivity contribution in [2.45, 2.75) is 58.0 Å². The molecule has 1 fully saturated rings. The summed E-state index contributed by atoms with van der Waals surface area (Å²) in [6, 6.07) is 14.5. The van der Waals surface area contributed by atoms with Crippen molar-refractivity contribution >= 4 is 18.0 Å². The molecule has 1 aliphatic carbocycles. The van der Waals surface area contributed by atoms with Gasteiger partial charge in [0.15, 0.2) is 0 Å². The van der Waals surface area contributed by atoms with Crippen LogP contribution < -0.4 is 5.32 Å². The van der Waals surface area contributed by atoms with Gasteiger partial charge in [-0.15, -0.1) is 0 Å². The van der Waals surface area contributed by atoms with Crippen LogP contribution in [0.5, 0.6) is 0 Å². The SMILES string of the molecule is CC(C)(C)CC(NC(=O)OCC1c2ccccc2-c2ccccc21)C(=O)N1CCC[C@@H]1C(=O)O. The Morgan fingerprint density at radius 2 is 1.65 bits per heavy atom. The molecule has 2 aromatic carbocycles. The zero-order chi connectivity index (χ0) is 24.5. The highest BCUT2D eigenvalue weighted by atomic mass is 16.5. The number of carboxylic acids is 1. The number of carbonyl (C=O) groups is 3. The number of carbonyl (C=O) groups excluding carboxylic acids is 2. The molecule has 7 heteroatoms. The molecule has 2 aliphatic rings. The standard InChI is InChI=1S/C27H32N2O5/c1-27(2,3)15-22(24(30)29-14-8-13-23(29)25(31)32)28-26(33)34-16-21-19-11-6-4-9-17(19)18-10-5-7-12-20(18)21/h4-7,9-12,21-23H,8,13-16H2,1-3H3,(H,28,33)(H,31,32)/t22?,23-/m1/s1. The predicted molar refractivity (Wildman–Crippen MR) is 128 cm³/mol. The topological polar surface area (TPSA) is 95.9 Å². The highest BCUT2D eigenvalue weighted by molar-refractivity contribution is 5.90. The van der Waals surface area contributed by atoms with Gasteiger partial charge in [0, 0.05) is 12.5 Å². The molecule has 0 radical (unpaired) electrons. The van der Waals surface area contributed by atoms with Crippen molar-refractivity contribution in [1.29, 1.82) is 0 Å². The molecule has 2 N–H and O–H groups in total. The van der Waals surface area contributed by atoms with Gasteiger partial charge in [0.25, 0.3) is 0 Å². The first-order valence-corrected chi connectivity index (χ1v) is 11.8. The van der Waals surface area contributed by atoms with Crippen molar-refractivity contribution in [2.75, 3.05) is 13.2 Å². The molecule has 2 atom stereocenters. The Labute approximate surface area is 200 Å². The summed E-state index contributed by atoms with van der Waals surface area (Å²) in [5, 5.41) is 12.2. The number of rotatable bonds is 6. The number of carboxylic acid groups (broad SMARTS) is 1. The van der Waals surface area contributed by atoms with Gasteiger partial charge in [-0.1, -0.05) is 69.3 Å². The Morgan fingerprint density at radius 1 is 1.06 bits per heavy atom. The number of hydrogen-bond donors (Lipinski definition) is 2. The van der Waals surface area contributed by atoms with E-state index in [0.717, 1.165) is 22.3 Å². The molecule has 4 rings (SSSR count). The van der Waals surface area contributed by atoms with Crippen LogP contribution in [0.1, 0.15) is 57.1 Å². The van der Waals surface area contributed by atoms with Gasteiger partial charge >= 0.3 is 12.1 Å². The Balaban J connectivity index is 1.46. The van der Waals surface area contributed by atoms with Gasteiger partial charge < -0.3 is 20.1 Å². The van der Waals surface area contributed by atoms with E-state index in [1.807, 2.05) is 57.2 Å². The van der Waals surface area contributed by atoms with Gasteiger partial charge in [0.05, 0.1) is 0 Å². The average molecular weight is 465 g/mol. The first kappa shape index (κ1) is 23.8. The zero-order valence-electron chi connectivity index (χ0n) is 19.9. The summed E-state index contributed by atoms with van der Waals surface area (Å²) < 4.78 is 5.63. The van der Waals surface area contributed by atoms with Crippen LogP contribution in [-0.2, 0) is 14.3 Å². The predicted octanol–water partition coefficient (Wildman–Crippen LogP) is 4.41. The summed E-state index contributed by atoms with van der Waals surface area (Å²) in [5.74, 6) is -1.46. The normalized spacial score (nSPS) is 18.2. The molecular formula is C27H32N2O5. The fourth-order valence-electron chi connectivity index (χ4n) is 5.08. The van der Waals surface area contributed by atoms with Crippen LogP contribution in [0, 0.1) is 5.41 Å². The minimum absolute atomic E-state index is 0.0788. The third-order valence-electron chi connectivity index (χ3n) is 6.57. The molecule has 1 saturated heterocycles. The molecule has 180 valence electrons. The highest BCUT2D eigenvalue weighted by Crippen LogP contribution is 2.44. The monoisotopic (exact) mass is 464 g/mol. The Hall–Kier alpha value is -3.35. The van der Waals surface area contributed by atoms with E-state index >= 15 is 0 Å². The molecule has 1 unspecified atom stereocenters. The second kappa shape index (κ2) is 9.49. The number of likely N-dealkylation sites (tertiary alicyclic amines) is 1. The van der Waals surface area contributed by atoms with Crippen LogP contribution in [0.4, 0.5) is 4.79 Å². The molecule has 0 aromatic heterocycles. The fraction of sp³-hybridized carbons (Fsp3) is 0.444. The first-order chi connectivity index (χ1) is 16.2. The third-order valence-corrected chi connectivity index (χ3v) is 6.57. The van der Waals surface area contributed by atoms with E-state index in [-0.39, 0.29) is 23.8 Å². The summed E-state index contributed by atoms with van der Waals surface area (Å²) in [6.45, 7) is 6.46. The van der Waals surface area contributed by atoms with Crippen molar-refractivity contribution in [1.82, 2.24) is 10.2 Å². The fourth-order valence-corrected chi connectivity index (χ4v) is 5.08. The quantitative estimate of drug-likeness (QED) is 0.660. The van der Waals surface area contributed by atoms with Gasteiger partial charge in [-0.25, -0.2) is 9.59 Å². The Morgan fingerprint density at radius 3 is 2.21 bits per heavy atom. The van der Waals surface area contributed by atoms with E-state index in [0.29, 0.717) is 25.8 Å². The number of amides is 2. The van der Waals surface area contributed by atoms with E-state index < -0.39 is 24.1 Å². The van der Waals surface area contributed by atoms with Crippen LogP contribution >= 0.6 is 0 Å². The zero-order valence-corrected chi connectivity index (χ0v) is 19.9. The maximum absolute atomic E-state index is 13.3. The molecule has 1 heterocycles. The maximum atomic E-state index is 13.3. The van der Waals surface area contributed by atoms with Crippen LogP contribution in [0.15, 0.2) is 48.5 Å². The molecule has 7 nitrogen and oxygen atoms in total. The summed E-state index contributed by atoms with van der Waals surface area (Å²) in [7, 11) is 0. The molecule has 2 aromatic rings. The van der Waals surface area contributed by atoms with Gasteiger partial charge in [-0.2, -0.15) is 0 Å². The van der Waals surface area contributed by atoms with Crippen LogP contribution in [0.25, 0.3) is 11.1 Å². The van der Waals surface area contributed by atoms with Crippen molar-refractivity contribution in [2.24, 2.45) is 5.41 Å². The molecule has 1 aliphatic heterocycles. The molecule has 34 heavy (non-hydrogen) atoms. The summed E-state index contributed by atoms with van der Waals surface area (Å²) >= 11 is 0. The van der Waals surface area contributed by atoms with Gasteiger partial charge in [0.2, 0.25) is 5.91 Å². The minimum Gasteiger partial charge on any atom is -0.480 e. The van der Waals surface area contributed by atoms with E-state index in [4.69, 9.17) is 4.74 Å². The van der Waals surface area contributed by atoms with Crippen molar-refractivity contribution in [3.05, 3.63) is 59.7 Å². The van der Waals surface area contributed by atoms with Crippen LogP contribution in [0.3, 0.4) is 0 Å². The number of nitrogens with zero attached hydrogens (tertiary/aromatic N) is 1. The summed E-state index contributed by atoms with van der Waals surface area (Å²) in [4.78, 5) is 39.1. The summed E-state index contributed by atoms with van der Waals surface area (Å²) in [6.07, 6.45) is 0.763. The lowest BCUT2D eigenvalue weighted by atomic mass is 9.87. The number of hydrogen-bond acceptors (Lipinski definition) is 4. The summed E-state index contributed by atoms with van der Waals surface area (Å²) in [5.41, 5.74) is 4.25. The van der Waals surface area contributed by atoms with E-state index in [1.165, 1.54) is 4.90 Å². The van der Waals surface area contributed by atoms with E-state index in [1.54, 1.807) is 0 Å². The molecule has 0 spiro atoms. The van der Waals surface area contributed by atoms with E-state index in [2.05, 4.69) is 17.4 Å². The Bertz CT molecular complexity index is 1040. The molecular weight excluding hydrogens is 432 g/mol. The van der Waals surface area contributed by atoms with Crippen LogP contribution in [-0.4, -0.2) is 53.2 Å². The highest BCUT2D eigenvalue weighted by Gasteiger charge is 2.39. The number of ether oxygens (including phenoxy) is 1. The number of aliphatic carboxylic acids is 1. The maximum Gasteiger partial charge on any atom is 0.407 e. The average Bonchev–Trinajstić information content (AvgIpc) is 3.39. The lowest BCUT2D eigenvalue weighted by molar-refractivity contribution is -0.149. The Kier molecular flexibility index (Phi) is 6.64. The lowest BCUT2D eigenvalue weighted by Crippen LogP contribution is -2.53. The van der Waals surface area contributed by atoms with Crippen molar-refractivity contribution in [3.63, 3.8) is 0 Å². The van der Waals surface area contributed by atoms with E-state index in [9.17, 15) is 19.5 Å². The first-order valence-electron chi connectivity index (χ1n) is 11.8. The van der Waals surface area contributed by atoms with Gasteiger partial charge in [-0.3, -0.25) is 4.79 Å². The van der Waals surface area contributed by atoms with Crippen LogP contribution in [0.2, 0.25) is 0 Å². The molecule has 2 amide bonds. The van der Waals surface area contributed by atoms with Gasteiger partial charge in [-0.05, 0) is 46.9 Å². The van der Waals surface area contributed by atoms with Gasteiger partial charge in [0.1, 0.15) is 18.7 Å². The third kappa shape index (κ3) is 4.93. The second-order valence-electron chi connectivity index (χ2n) is 10.3. The number of nitrogens with one attached hydrogen (secondary N) is 1. The molecule has 0 bridgehead atoms. The largest absolute Gasteiger partial charge is 0.480 e. The molecule has 0 saturated carbocycles. The number of alkyl carbamates (subject to hydrolysis) is 1. The second-order valence-corrected chi connectivity index (χ2v) is 10.3. The lowest BCUT2D eigenvalue weighted by Gasteiger charge is -2.31. The van der Waals surface area contributed by atoms with Crippen molar-refractivity contribution in [3.8, 4) is 11.1 Å².